The molecule has 2 aromatic heterocycles. The van der Waals surface area contributed by atoms with Crippen LogP contribution in [0.4, 0.5) is 5.82 Å². The van der Waals surface area contributed by atoms with Crippen molar-refractivity contribution in [1.29, 1.82) is 0 Å². The Bertz CT molecular complexity index is 1070. The summed E-state index contributed by atoms with van der Waals surface area (Å²) >= 11 is 1.60. The molecule has 1 atom stereocenters. The van der Waals surface area contributed by atoms with Crippen LogP contribution in [0.5, 0.6) is 0 Å². The molecule has 8 nitrogen and oxygen atoms in total. The number of thiazole rings is 1. The minimum Gasteiger partial charge on any atom is -0.335 e. The van der Waals surface area contributed by atoms with Crippen molar-refractivity contribution in [2.24, 2.45) is 0 Å². The minimum atomic E-state index is -0.429. The van der Waals surface area contributed by atoms with Crippen molar-refractivity contribution in [3.8, 4) is 11.3 Å². The van der Waals surface area contributed by atoms with E-state index in [9.17, 15) is 9.59 Å². The second-order valence-electron chi connectivity index (χ2n) is 7.62. The molecule has 0 bridgehead atoms. The van der Waals surface area contributed by atoms with E-state index in [2.05, 4.69) is 15.4 Å². The first-order valence-corrected chi connectivity index (χ1v) is 11.2. The zero-order valence-electron chi connectivity index (χ0n) is 17.9. The Kier molecular flexibility index (Phi) is 6.15. The van der Waals surface area contributed by atoms with Gasteiger partial charge in [-0.05, 0) is 33.0 Å². The molecular formula is C22H26N6O2S. The van der Waals surface area contributed by atoms with E-state index in [0.29, 0.717) is 31.0 Å². The molecular weight excluding hydrogens is 412 g/mol. The van der Waals surface area contributed by atoms with E-state index in [1.54, 1.807) is 27.0 Å². The Hall–Kier alpha value is -3.04. The Morgan fingerprint density at radius 2 is 1.97 bits per heavy atom. The van der Waals surface area contributed by atoms with Crippen LogP contribution in [0.1, 0.15) is 22.3 Å². The molecule has 3 aromatic rings. The van der Waals surface area contributed by atoms with Crippen LogP contribution in [0.3, 0.4) is 0 Å². The summed E-state index contributed by atoms with van der Waals surface area (Å²) in [5.41, 5.74) is 2.52. The monoisotopic (exact) mass is 438 g/mol. The van der Waals surface area contributed by atoms with Crippen LogP contribution in [0.25, 0.3) is 11.3 Å². The van der Waals surface area contributed by atoms with Crippen molar-refractivity contribution >= 4 is 29.0 Å². The molecule has 1 unspecified atom stereocenters. The smallest absolute Gasteiger partial charge is 0.253 e. The average Bonchev–Trinajstić information content (AvgIpc) is 3.42. The summed E-state index contributed by atoms with van der Waals surface area (Å²) in [6, 6.07) is 8.85. The van der Waals surface area contributed by atoms with E-state index in [1.807, 2.05) is 61.6 Å². The fourth-order valence-electron chi connectivity index (χ4n) is 3.62. The largest absolute Gasteiger partial charge is 0.335 e. The number of amides is 2. The molecule has 162 valence electrons. The van der Waals surface area contributed by atoms with Crippen molar-refractivity contribution in [1.82, 2.24) is 24.6 Å². The van der Waals surface area contributed by atoms with Gasteiger partial charge in [0.05, 0.1) is 10.7 Å². The third kappa shape index (κ3) is 4.67. The Morgan fingerprint density at radius 3 is 2.61 bits per heavy atom. The summed E-state index contributed by atoms with van der Waals surface area (Å²) in [4.78, 5) is 34.1. The van der Waals surface area contributed by atoms with Crippen molar-refractivity contribution < 1.29 is 9.59 Å². The molecule has 9 heteroatoms. The summed E-state index contributed by atoms with van der Waals surface area (Å²) in [6.07, 6.45) is 1.83. The van der Waals surface area contributed by atoms with Crippen molar-refractivity contribution in [2.75, 3.05) is 32.0 Å². The summed E-state index contributed by atoms with van der Waals surface area (Å²) in [7, 11) is 1.90. The van der Waals surface area contributed by atoms with Gasteiger partial charge in [-0.2, -0.15) is 5.10 Å². The third-order valence-corrected chi connectivity index (χ3v) is 6.27. The van der Waals surface area contributed by atoms with Crippen molar-refractivity contribution in [3.63, 3.8) is 0 Å². The highest BCUT2D eigenvalue weighted by Crippen LogP contribution is 2.22. The molecule has 0 saturated carbocycles. The number of likely N-dealkylation sites (N-methyl/N-ethyl adjacent to an activating group) is 1. The van der Waals surface area contributed by atoms with E-state index >= 15 is 0 Å². The first-order chi connectivity index (χ1) is 14.9. The van der Waals surface area contributed by atoms with Gasteiger partial charge in [0.15, 0.2) is 5.82 Å². The van der Waals surface area contributed by atoms with Crippen LogP contribution in [0.15, 0.2) is 41.9 Å². The molecule has 1 saturated heterocycles. The normalized spacial score (nSPS) is 17.0. The van der Waals surface area contributed by atoms with Gasteiger partial charge in [0, 0.05) is 54.9 Å². The third-order valence-electron chi connectivity index (χ3n) is 5.50. The van der Waals surface area contributed by atoms with E-state index in [1.165, 1.54) is 0 Å². The molecule has 0 radical (unpaired) electrons. The Balaban J connectivity index is 1.43. The van der Waals surface area contributed by atoms with Crippen LogP contribution in [0.2, 0.25) is 0 Å². The number of benzene rings is 1. The molecule has 0 aliphatic carbocycles. The highest BCUT2D eigenvalue weighted by Gasteiger charge is 2.33. The lowest BCUT2D eigenvalue weighted by atomic mass is 10.1. The van der Waals surface area contributed by atoms with Gasteiger partial charge < -0.3 is 10.2 Å². The van der Waals surface area contributed by atoms with Gasteiger partial charge in [-0.1, -0.05) is 12.1 Å². The first kappa shape index (κ1) is 21.2. The number of anilines is 1. The van der Waals surface area contributed by atoms with Gasteiger partial charge in [0.1, 0.15) is 6.04 Å². The predicted molar refractivity (Wildman–Crippen MR) is 121 cm³/mol. The number of hydrogen-bond acceptors (Lipinski definition) is 6. The van der Waals surface area contributed by atoms with E-state index in [4.69, 9.17) is 0 Å². The number of nitrogens with one attached hydrogen (secondary N) is 1. The van der Waals surface area contributed by atoms with Gasteiger partial charge in [0.2, 0.25) is 5.91 Å². The minimum absolute atomic E-state index is 0.0674. The lowest BCUT2D eigenvalue weighted by Gasteiger charge is -2.38. The quantitative estimate of drug-likeness (QED) is 0.662. The van der Waals surface area contributed by atoms with Gasteiger partial charge in [0.25, 0.3) is 5.91 Å². The summed E-state index contributed by atoms with van der Waals surface area (Å²) < 4.78 is 1.76. The van der Waals surface area contributed by atoms with Gasteiger partial charge in [-0.15, -0.1) is 11.3 Å². The lowest BCUT2D eigenvalue weighted by molar-refractivity contribution is -0.122. The van der Waals surface area contributed by atoms with Crippen LogP contribution >= 0.6 is 11.3 Å². The SMILES string of the molecule is CCn1ccc(NC(=O)C2CN(C(=O)c3ccc(-c4csc(C)n4)cc3)CCN2C)n1. The van der Waals surface area contributed by atoms with Crippen LogP contribution < -0.4 is 5.32 Å². The van der Waals surface area contributed by atoms with Crippen LogP contribution in [-0.2, 0) is 11.3 Å². The number of rotatable bonds is 5. The number of nitrogens with zero attached hydrogens (tertiary/aromatic N) is 5. The zero-order chi connectivity index (χ0) is 22.0. The number of carbonyl (C=O) groups excluding carboxylic acids is 2. The predicted octanol–water partition coefficient (Wildman–Crippen LogP) is 2.73. The maximum atomic E-state index is 13.1. The molecule has 1 aromatic carbocycles. The molecule has 1 aliphatic heterocycles. The van der Waals surface area contributed by atoms with Crippen molar-refractivity contribution in [3.05, 3.63) is 52.5 Å². The molecule has 3 heterocycles. The van der Waals surface area contributed by atoms with E-state index in [-0.39, 0.29) is 11.8 Å². The van der Waals surface area contributed by atoms with Gasteiger partial charge in [-0.3, -0.25) is 19.2 Å². The lowest BCUT2D eigenvalue weighted by Crippen LogP contribution is -2.57. The highest BCUT2D eigenvalue weighted by molar-refractivity contribution is 7.09. The van der Waals surface area contributed by atoms with Gasteiger partial charge >= 0.3 is 0 Å². The Morgan fingerprint density at radius 1 is 1.19 bits per heavy atom. The molecule has 1 fully saturated rings. The summed E-state index contributed by atoms with van der Waals surface area (Å²) in [6.45, 7) is 6.24. The van der Waals surface area contributed by atoms with Crippen LogP contribution in [0, 0.1) is 6.92 Å². The molecule has 1 N–H and O–H groups in total. The number of hydrogen-bond donors (Lipinski definition) is 1. The number of piperazine rings is 1. The number of aromatic nitrogens is 3. The molecule has 2 amide bonds. The van der Waals surface area contributed by atoms with E-state index in [0.717, 1.165) is 22.8 Å². The topological polar surface area (TPSA) is 83.4 Å². The molecule has 31 heavy (non-hydrogen) atoms. The Labute approximate surface area is 185 Å². The van der Waals surface area contributed by atoms with E-state index < -0.39 is 6.04 Å². The molecule has 1 aliphatic rings. The maximum Gasteiger partial charge on any atom is 0.253 e. The standard InChI is InChI=1S/C22H26N6O2S/c1-4-28-10-9-20(25-28)24-21(29)19-13-27(12-11-26(19)3)22(30)17-7-5-16(6-8-17)18-14-31-15(2)23-18/h5-10,14,19H,4,11-13H2,1-3H3,(H,24,25,29). The number of aryl methyl sites for hydroxylation is 2. The van der Waals surface area contributed by atoms with Gasteiger partial charge in [-0.25, -0.2) is 4.98 Å². The second-order valence-corrected chi connectivity index (χ2v) is 8.68. The molecule has 4 rings (SSSR count). The maximum absolute atomic E-state index is 13.1. The molecule has 0 spiro atoms. The fourth-order valence-corrected chi connectivity index (χ4v) is 4.24. The number of carbonyl (C=O) groups is 2. The zero-order valence-corrected chi connectivity index (χ0v) is 18.7. The first-order valence-electron chi connectivity index (χ1n) is 10.3. The van der Waals surface area contributed by atoms with Crippen LogP contribution in [-0.4, -0.2) is 69.1 Å². The van der Waals surface area contributed by atoms with Crippen molar-refractivity contribution in [2.45, 2.75) is 26.4 Å². The summed E-state index contributed by atoms with van der Waals surface area (Å²) in [5.74, 6) is 0.300. The summed E-state index contributed by atoms with van der Waals surface area (Å²) in [5, 5.41) is 10.2. The fraction of sp³-hybridized carbons (Fsp3) is 0.364. The second kappa shape index (κ2) is 8.99. The average molecular weight is 439 g/mol. The highest BCUT2D eigenvalue weighted by atomic mass is 32.1.